The van der Waals surface area contributed by atoms with E-state index in [-0.39, 0.29) is 24.1 Å². The summed E-state index contributed by atoms with van der Waals surface area (Å²) in [6, 6.07) is 13.4. The summed E-state index contributed by atoms with van der Waals surface area (Å²) in [4.78, 5) is 30.6. The van der Waals surface area contributed by atoms with Gasteiger partial charge in [0.15, 0.2) is 0 Å². The van der Waals surface area contributed by atoms with Crippen molar-refractivity contribution in [2.75, 3.05) is 36.0 Å². The largest absolute Gasteiger partial charge is 0.367 e. The van der Waals surface area contributed by atoms with Gasteiger partial charge in [0, 0.05) is 30.7 Å². The zero-order valence-corrected chi connectivity index (χ0v) is 16.2. The maximum atomic E-state index is 14.0. The highest BCUT2D eigenvalue weighted by Crippen LogP contribution is 2.28. The summed E-state index contributed by atoms with van der Waals surface area (Å²) >= 11 is 3.36. The molecular weight excluding hydrogens is 413 g/mol. The van der Waals surface area contributed by atoms with Crippen LogP contribution in [-0.2, 0) is 9.59 Å². The molecule has 0 bridgehead atoms. The number of piperazine rings is 1. The number of amides is 2. The van der Waals surface area contributed by atoms with E-state index in [9.17, 15) is 14.0 Å². The molecule has 2 heterocycles. The molecule has 2 aromatic rings. The van der Waals surface area contributed by atoms with E-state index >= 15 is 0 Å². The van der Waals surface area contributed by atoms with Gasteiger partial charge in [0.2, 0.25) is 5.91 Å². The van der Waals surface area contributed by atoms with Crippen LogP contribution in [0.15, 0.2) is 53.0 Å². The number of carbonyl (C=O) groups is 2. The molecule has 0 aromatic heterocycles. The molecule has 5 nitrogen and oxygen atoms in total. The Bertz CT molecular complexity index is 866. The number of rotatable bonds is 3. The monoisotopic (exact) mass is 431 g/mol. The lowest BCUT2D eigenvalue weighted by Crippen LogP contribution is -2.52. The van der Waals surface area contributed by atoms with E-state index in [1.807, 2.05) is 28.0 Å². The summed E-state index contributed by atoms with van der Waals surface area (Å²) < 4.78 is 14.9. The van der Waals surface area contributed by atoms with Gasteiger partial charge in [-0.05, 0) is 36.4 Å². The Morgan fingerprint density at radius 1 is 0.926 bits per heavy atom. The van der Waals surface area contributed by atoms with E-state index in [1.165, 1.54) is 11.0 Å². The van der Waals surface area contributed by atoms with Gasteiger partial charge in [0.1, 0.15) is 5.82 Å². The number of carbonyl (C=O) groups excluding carboxylic acids is 2. The van der Waals surface area contributed by atoms with Crippen LogP contribution in [0.2, 0.25) is 0 Å². The zero-order valence-electron chi connectivity index (χ0n) is 14.6. The lowest BCUT2D eigenvalue weighted by molar-refractivity contribution is -0.123. The van der Waals surface area contributed by atoms with Gasteiger partial charge in [-0.15, -0.1) is 0 Å². The van der Waals surface area contributed by atoms with Crippen molar-refractivity contribution in [1.29, 1.82) is 0 Å². The molecule has 140 valence electrons. The van der Waals surface area contributed by atoms with Crippen molar-refractivity contribution < 1.29 is 14.0 Å². The maximum Gasteiger partial charge on any atom is 0.251 e. The lowest BCUT2D eigenvalue weighted by atomic mass is 10.1. The number of hydrogen-bond acceptors (Lipinski definition) is 4. The van der Waals surface area contributed by atoms with Crippen LogP contribution in [-0.4, -0.2) is 48.9 Å². The van der Waals surface area contributed by atoms with Gasteiger partial charge < -0.3 is 4.90 Å². The lowest BCUT2D eigenvalue weighted by Gasteiger charge is -2.38. The average molecular weight is 432 g/mol. The Labute approximate surface area is 165 Å². The molecule has 2 aliphatic rings. The summed E-state index contributed by atoms with van der Waals surface area (Å²) in [6.45, 7) is 2.48. The van der Waals surface area contributed by atoms with Gasteiger partial charge in [-0.3, -0.25) is 14.5 Å². The standard InChI is InChI=1S/C20H19BrFN3O2/c21-14-5-7-15(8-6-14)25-19(26)13-18(20(25)27)24-11-9-23(10-12-24)17-4-2-1-3-16(17)22/h1-8,18H,9-13H2. The number of anilines is 2. The molecule has 0 N–H and O–H groups in total. The van der Waals surface area contributed by atoms with Crippen molar-refractivity contribution in [3.8, 4) is 0 Å². The van der Waals surface area contributed by atoms with Crippen molar-refractivity contribution >= 4 is 39.1 Å². The van der Waals surface area contributed by atoms with Crippen molar-refractivity contribution in [3.05, 3.63) is 58.8 Å². The molecule has 0 saturated carbocycles. The molecule has 0 spiro atoms. The number of imide groups is 1. The highest BCUT2D eigenvalue weighted by molar-refractivity contribution is 9.10. The number of benzene rings is 2. The van der Waals surface area contributed by atoms with Gasteiger partial charge in [-0.1, -0.05) is 28.1 Å². The molecule has 0 aliphatic carbocycles. The summed E-state index contributed by atoms with van der Waals surface area (Å²) in [5, 5.41) is 0. The van der Waals surface area contributed by atoms with Gasteiger partial charge in [0.25, 0.3) is 5.91 Å². The van der Waals surface area contributed by atoms with E-state index in [0.717, 1.165) is 4.47 Å². The SMILES string of the molecule is O=C1CC(N2CCN(c3ccccc3F)CC2)C(=O)N1c1ccc(Br)cc1. The van der Waals surface area contributed by atoms with Crippen LogP contribution in [0.25, 0.3) is 0 Å². The van der Waals surface area contributed by atoms with Crippen LogP contribution in [0, 0.1) is 5.82 Å². The molecule has 1 atom stereocenters. The van der Waals surface area contributed by atoms with Crippen molar-refractivity contribution in [2.24, 2.45) is 0 Å². The highest BCUT2D eigenvalue weighted by Gasteiger charge is 2.43. The zero-order chi connectivity index (χ0) is 19.0. The first-order chi connectivity index (χ1) is 13.0. The summed E-state index contributed by atoms with van der Waals surface area (Å²) in [5.74, 6) is -0.593. The van der Waals surface area contributed by atoms with E-state index in [4.69, 9.17) is 0 Å². The summed E-state index contributed by atoms with van der Waals surface area (Å²) in [6.07, 6.45) is 0.189. The third-order valence-electron chi connectivity index (χ3n) is 5.16. The number of hydrogen-bond donors (Lipinski definition) is 0. The first-order valence-electron chi connectivity index (χ1n) is 8.90. The molecule has 2 amide bonds. The molecule has 2 saturated heterocycles. The normalized spacial score (nSPS) is 21.2. The smallest absolute Gasteiger partial charge is 0.251 e. The van der Waals surface area contributed by atoms with Crippen LogP contribution in [0.5, 0.6) is 0 Å². The van der Waals surface area contributed by atoms with Crippen molar-refractivity contribution in [3.63, 3.8) is 0 Å². The van der Waals surface area contributed by atoms with Crippen molar-refractivity contribution in [2.45, 2.75) is 12.5 Å². The molecule has 2 fully saturated rings. The summed E-state index contributed by atoms with van der Waals surface area (Å²) in [5.41, 5.74) is 1.18. The number of nitrogens with zero attached hydrogens (tertiary/aromatic N) is 3. The first-order valence-corrected chi connectivity index (χ1v) is 9.70. The van der Waals surface area contributed by atoms with Gasteiger partial charge >= 0.3 is 0 Å². The van der Waals surface area contributed by atoms with E-state index in [0.29, 0.717) is 37.6 Å². The predicted octanol–water partition coefficient (Wildman–Crippen LogP) is 3.04. The van der Waals surface area contributed by atoms with Crippen LogP contribution in [0.4, 0.5) is 15.8 Å². The van der Waals surface area contributed by atoms with Crippen LogP contribution >= 0.6 is 15.9 Å². The fourth-order valence-electron chi connectivity index (χ4n) is 3.75. The van der Waals surface area contributed by atoms with Crippen LogP contribution < -0.4 is 9.80 Å². The minimum atomic E-state index is -0.441. The van der Waals surface area contributed by atoms with E-state index < -0.39 is 6.04 Å². The molecule has 0 radical (unpaired) electrons. The minimum absolute atomic E-state index is 0.177. The van der Waals surface area contributed by atoms with Gasteiger partial charge in [0.05, 0.1) is 23.8 Å². The van der Waals surface area contributed by atoms with E-state index in [2.05, 4.69) is 15.9 Å². The van der Waals surface area contributed by atoms with Crippen LogP contribution in [0.1, 0.15) is 6.42 Å². The average Bonchev–Trinajstić information content (AvgIpc) is 2.97. The fourth-order valence-corrected chi connectivity index (χ4v) is 4.01. The molecule has 2 aliphatic heterocycles. The van der Waals surface area contributed by atoms with E-state index in [1.54, 1.807) is 24.3 Å². The van der Waals surface area contributed by atoms with Gasteiger partial charge in [-0.25, -0.2) is 9.29 Å². The molecular formula is C20H19BrFN3O2. The highest BCUT2D eigenvalue weighted by atomic mass is 79.9. The Kier molecular flexibility index (Phi) is 4.97. The number of para-hydroxylation sites is 1. The molecule has 7 heteroatoms. The van der Waals surface area contributed by atoms with Crippen LogP contribution in [0.3, 0.4) is 0 Å². The maximum absolute atomic E-state index is 14.0. The molecule has 2 aromatic carbocycles. The topological polar surface area (TPSA) is 43.9 Å². The first kappa shape index (κ1) is 18.1. The minimum Gasteiger partial charge on any atom is -0.367 e. The molecule has 1 unspecified atom stereocenters. The van der Waals surface area contributed by atoms with Crippen molar-refractivity contribution in [1.82, 2.24) is 4.90 Å². The Morgan fingerprint density at radius 3 is 2.26 bits per heavy atom. The summed E-state index contributed by atoms with van der Waals surface area (Å²) in [7, 11) is 0. The quantitative estimate of drug-likeness (QED) is 0.700. The second-order valence-electron chi connectivity index (χ2n) is 6.74. The fraction of sp³-hybridized carbons (Fsp3) is 0.300. The number of halogens is 2. The second kappa shape index (κ2) is 7.40. The molecule has 4 rings (SSSR count). The van der Waals surface area contributed by atoms with Gasteiger partial charge in [-0.2, -0.15) is 0 Å². The Balaban J connectivity index is 1.44. The second-order valence-corrected chi connectivity index (χ2v) is 7.65. The third kappa shape index (κ3) is 3.49. The molecule has 27 heavy (non-hydrogen) atoms. The Morgan fingerprint density at radius 2 is 1.59 bits per heavy atom. The predicted molar refractivity (Wildman–Crippen MR) is 105 cm³/mol. The Hall–Kier alpha value is -2.25. The third-order valence-corrected chi connectivity index (χ3v) is 5.68.